The van der Waals surface area contributed by atoms with Crippen LogP contribution in [0.25, 0.3) is 0 Å². The van der Waals surface area contributed by atoms with Gasteiger partial charge in [-0.1, -0.05) is 34.5 Å². The number of halogens is 1. The molecule has 19 heavy (non-hydrogen) atoms. The molecule has 0 atom stereocenters. The third-order valence-corrected chi connectivity index (χ3v) is 4.83. The van der Waals surface area contributed by atoms with Crippen LogP contribution < -0.4 is 5.32 Å². The van der Waals surface area contributed by atoms with Gasteiger partial charge >= 0.3 is 0 Å². The number of benzene rings is 1. The topological polar surface area (TPSA) is 15.3 Å². The molecule has 1 aromatic carbocycles. The fourth-order valence-corrected chi connectivity index (χ4v) is 3.08. The molecule has 2 rings (SSSR count). The van der Waals surface area contributed by atoms with Gasteiger partial charge in [-0.2, -0.15) is 0 Å². The van der Waals surface area contributed by atoms with E-state index in [1.165, 1.54) is 60.9 Å². The lowest BCUT2D eigenvalue weighted by atomic mass is 10.1. The van der Waals surface area contributed by atoms with Crippen molar-refractivity contribution in [1.82, 2.24) is 10.2 Å². The second-order valence-corrected chi connectivity index (χ2v) is 6.31. The van der Waals surface area contributed by atoms with Crippen molar-refractivity contribution in [2.24, 2.45) is 0 Å². The van der Waals surface area contributed by atoms with E-state index in [2.05, 4.69) is 51.3 Å². The monoisotopic (exact) mass is 324 g/mol. The van der Waals surface area contributed by atoms with E-state index in [-0.39, 0.29) is 0 Å². The molecule has 1 aliphatic rings. The maximum atomic E-state index is 3.59. The fraction of sp³-hybridized carbons (Fsp3) is 0.625. The van der Waals surface area contributed by atoms with Crippen molar-refractivity contribution in [2.75, 3.05) is 26.2 Å². The van der Waals surface area contributed by atoms with Gasteiger partial charge in [-0.15, -0.1) is 0 Å². The molecule has 1 aromatic rings. The van der Waals surface area contributed by atoms with Crippen molar-refractivity contribution >= 4 is 15.9 Å². The average Bonchev–Trinajstić information content (AvgIpc) is 2.44. The molecule has 106 valence electrons. The lowest BCUT2D eigenvalue weighted by molar-refractivity contribution is 0.225. The standard InChI is InChI=1S/C16H25BrN2/c1-14-15(7-5-8-16(14)17)13-18-9-6-12-19-10-3-2-4-11-19/h5,7-8,18H,2-4,6,9-13H2,1H3. The summed E-state index contributed by atoms with van der Waals surface area (Å²) in [6, 6.07) is 6.43. The van der Waals surface area contributed by atoms with Crippen LogP contribution in [0.5, 0.6) is 0 Å². The van der Waals surface area contributed by atoms with Crippen LogP contribution in [0.4, 0.5) is 0 Å². The fourth-order valence-electron chi connectivity index (χ4n) is 2.68. The second-order valence-electron chi connectivity index (χ2n) is 5.46. The van der Waals surface area contributed by atoms with Crippen LogP contribution in [-0.2, 0) is 6.54 Å². The normalized spacial score (nSPS) is 16.7. The maximum Gasteiger partial charge on any atom is 0.0208 e. The van der Waals surface area contributed by atoms with Crippen LogP contribution in [-0.4, -0.2) is 31.1 Å². The highest BCUT2D eigenvalue weighted by molar-refractivity contribution is 9.10. The highest BCUT2D eigenvalue weighted by Crippen LogP contribution is 2.19. The van der Waals surface area contributed by atoms with Gasteiger partial charge in [0.1, 0.15) is 0 Å². The molecule has 0 saturated carbocycles. The number of likely N-dealkylation sites (tertiary alicyclic amines) is 1. The van der Waals surface area contributed by atoms with Gasteiger partial charge in [0.2, 0.25) is 0 Å². The quantitative estimate of drug-likeness (QED) is 0.802. The predicted octanol–water partition coefficient (Wildman–Crippen LogP) is 3.72. The van der Waals surface area contributed by atoms with Gasteiger partial charge < -0.3 is 10.2 Å². The van der Waals surface area contributed by atoms with Crippen LogP contribution in [0.2, 0.25) is 0 Å². The molecule has 2 nitrogen and oxygen atoms in total. The summed E-state index contributed by atoms with van der Waals surface area (Å²) in [4.78, 5) is 2.61. The first-order chi connectivity index (χ1) is 9.27. The molecular weight excluding hydrogens is 300 g/mol. The van der Waals surface area contributed by atoms with Gasteiger partial charge in [0, 0.05) is 11.0 Å². The molecule has 0 radical (unpaired) electrons. The minimum atomic E-state index is 0.977. The molecular formula is C16H25BrN2. The molecule has 1 aliphatic heterocycles. The first-order valence-electron chi connectivity index (χ1n) is 7.44. The van der Waals surface area contributed by atoms with E-state index < -0.39 is 0 Å². The molecule has 1 heterocycles. The Hall–Kier alpha value is -0.380. The first-order valence-corrected chi connectivity index (χ1v) is 8.24. The zero-order valence-corrected chi connectivity index (χ0v) is 13.5. The highest BCUT2D eigenvalue weighted by atomic mass is 79.9. The van der Waals surface area contributed by atoms with Crippen LogP contribution in [0.3, 0.4) is 0 Å². The summed E-state index contributed by atoms with van der Waals surface area (Å²) < 4.78 is 1.21. The third kappa shape index (κ3) is 4.90. The van der Waals surface area contributed by atoms with Gasteiger partial charge in [-0.05, 0) is 69.6 Å². The number of hydrogen-bond acceptors (Lipinski definition) is 2. The van der Waals surface area contributed by atoms with E-state index in [0.29, 0.717) is 0 Å². The molecule has 0 amide bonds. The zero-order chi connectivity index (χ0) is 13.5. The Bertz CT molecular complexity index is 386. The molecule has 3 heteroatoms. The zero-order valence-electron chi connectivity index (χ0n) is 11.9. The van der Waals surface area contributed by atoms with Gasteiger partial charge in [0.05, 0.1) is 0 Å². The largest absolute Gasteiger partial charge is 0.313 e. The lowest BCUT2D eigenvalue weighted by Crippen LogP contribution is -2.32. The van der Waals surface area contributed by atoms with Crippen LogP contribution in [0.1, 0.15) is 36.8 Å². The smallest absolute Gasteiger partial charge is 0.0208 e. The molecule has 0 spiro atoms. The van der Waals surface area contributed by atoms with Gasteiger partial charge in [0.25, 0.3) is 0 Å². The van der Waals surface area contributed by atoms with Gasteiger partial charge in [-0.3, -0.25) is 0 Å². The predicted molar refractivity (Wildman–Crippen MR) is 85.5 cm³/mol. The van der Waals surface area contributed by atoms with Crippen molar-refractivity contribution in [3.63, 3.8) is 0 Å². The summed E-state index contributed by atoms with van der Waals surface area (Å²) in [5.74, 6) is 0. The Balaban J connectivity index is 1.62. The van der Waals surface area contributed by atoms with Gasteiger partial charge in [0.15, 0.2) is 0 Å². The first kappa shape index (κ1) is 15.0. The highest BCUT2D eigenvalue weighted by Gasteiger charge is 2.08. The molecule has 0 unspecified atom stereocenters. The van der Waals surface area contributed by atoms with Crippen LogP contribution >= 0.6 is 15.9 Å². The van der Waals surface area contributed by atoms with Crippen molar-refractivity contribution in [3.8, 4) is 0 Å². The maximum absolute atomic E-state index is 3.59. The summed E-state index contributed by atoms with van der Waals surface area (Å²) in [6.07, 6.45) is 5.47. The Morgan fingerprint density at radius 3 is 2.79 bits per heavy atom. The summed E-state index contributed by atoms with van der Waals surface area (Å²) in [6.45, 7) is 8.14. The molecule has 0 bridgehead atoms. The van der Waals surface area contributed by atoms with E-state index in [4.69, 9.17) is 0 Å². The summed E-state index contributed by atoms with van der Waals surface area (Å²) >= 11 is 3.59. The SMILES string of the molecule is Cc1c(Br)cccc1CNCCCN1CCCCC1. The van der Waals surface area contributed by atoms with Crippen molar-refractivity contribution in [1.29, 1.82) is 0 Å². The molecule has 1 fully saturated rings. The second kappa shape index (κ2) is 8.03. The Kier molecular flexibility index (Phi) is 6.35. The van der Waals surface area contributed by atoms with Gasteiger partial charge in [-0.25, -0.2) is 0 Å². The number of nitrogens with one attached hydrogen (secondary N) is 1. The summed E-state index contributed by atoms with van der Waals surface area (Å²) in [5.41, 5.74) is 2.75. The van der Waals surface area contributed by atoms with E-state index in [1.807, 2.05) is 0 Å². The summed E-state index contributed by atoms with van der Waals surface area (Å²) in [5, 5.41) is 3.56. The Labute approximate surface area is 125 Å². The van der Waals surface area contributed by atoms with Crippen molar-refractivity contribution in [2.45, 2.75) is 39.2 Å². The number of piperidine rings is 1. The third-order valence-electron chi connectivity index (χ3n) is 3.97. The molecule has 0 aliphatic carbocycles. The Morgan fingerprint density at radius 1 is 1.21 bits per heavy atom. The van der Waals surface area contributed by atoms with Crippen molar-refractivity contribution < 1.29 is 0 Å². The number of hydrogen-bond donors (Lipinski definition) is 1. The lowest BCUT2D eigenvalue weighted by Gasteiger charge is -2.26. The Morgan fingerprint density at radius 2 is 2.00 bits per heavy atom. The molecule has 0 aromatic heterocycles. The number of nitrogens with zero attached hydrogens (tertiary/aromatic N) is 1. The minimum absolute atomic E-state index is 0.977. The van der Waals surface area contributed by atoms with E-state index in [1.54, 1.807) is 0 Å². The minimum Gasteiger partial charge on any atom is -0.313 e. The van der Waals surface area contributed by atoms with E-state index in [0.717, 1.165) is 13.1 Å². The molecule has 1 saturated heterocycles. The average molecular weight is 325 g/mol. The van der Waals surface area contributed by atoms with Crippen molar-refractivity contribution in [3.05, 3.63) is 33.8 Å². The molecule has 1 N–H and O–H groups in total. The van der Waals surface area contributed by atoms with E-state index >= 15 is 0 Å². The number of rotatable bonds is 6. The van der Waals surface area contributed by atoms with E-state index in [9.17, 15) is 0 Å². The summed E-state index contributed by atoms with van der Waals surface area (Å²) in [7, 11) is 0. The van der Waals surface area contributed by atoms with Crippen LogP contribution in [0.15, 0.2) is 22.7 Å². The van der Waals surface area contributed by atoms with Crippen LogP contribution in [0, 0.1) is 6.92 Å².